The van der Waals surface area contributed by atoms with Gasteiger partial charge in [0, 0.05) is 0 Å². The monoisotopic (exact) mass is 316 g/mol. The largest absolute Gasteiger partial charge is 0.493 e. The highest BCUT2D eigenvalue weighted by atomic mass is 16.5. The van der Waals surface area contributed by atoms with Crippen LogP contribution in [0.15, 0.2) is 36.4 Å². The lowest BCUT2D eigenvalue weighted by Gasteiger charge is -2.14. The fourth-order valence-electron chi connectivity index (χ4n) is 2.24. The van der Waals surface area contributed by atoms with Crippen LogP contribution < -0.4 is 14.2 Å². The molecule has 0 atom stereocenters. The first kappa shape index (κ1) is 16.7. The molecule has 0 heterocycles. The normalized spacial score (nSPS) is 10.2. The lowest BCUT2D eigenvalue weighted by molar-refractivity contribution is 0.0696. The Bertz CT molecular complexity index is 674. The van der Waals surface area contributed by atoms with Crippen LogP contribution in [0.2, 0.25) is 0 Å². The van der Waals surface area contributed by atoms with Gasteiger partial charge in [0.2, 0.25) is 0 Å². The summed E-state index contributed by atoms with van der Waals surface area (Å²) in [6, 6.07) is 10.5. The summed E-state index contributed by atoms with van der Waals surface area (Å²) in [7, 11) is 1.47. The summed E-state index contributed by atoms with van der Waals surface area (Å²) in [5.74, 6) is 0.733. The second-order valence-corrected chi connectivity index (χ2v) is 5.09. The van der Waals surface area contributed by atoms with Gasteiger partial charge >= 0.3 is 5.97 Å². The third-order valence-electron chi connectivity index (χ3n) is 3.41. The molecule has 122 valence electrons. The predicted molar refractivity (Wildman–Crippen MR) is 86.9 cm³/mol. The van der Waals surface area contributed by atoms with Gasteiger partial charge in [0.05, 0.1) is 12.7 Å². The second kappa shape index (κ2) is 7.54. The summed E-state index contributed by atoms with van der Waals surface area (Å²) < 4.78 is 16.5. The molecular weight excluding hydrogens is 296 g/mol. The number of benzene rings is 2. The van der Waals surface area contributed by atoms with E-state index in [1.54, 1.807) is 6.07 Å². The van der Waals surface area contributed by atoms with Crippen LogP contribution in [0.1, 0.15) is 21.5 Å². The zero-order valence-corrected chi connectivity index (χ0v) is 13.5. The van der Waals surface area contributed by atoms with Gasteiger partial charge < -0.3 is 19.3 Å². The first-order valence-corrected chi connectivity index (χ1v) is 7.26. The molecule has 0 spiro atoms. The van der Waals surface area contributed by atoms with Gasteiger partial charge in [-0.05, 0) is 43.2 Å². The quantitative estimate of drug-likeness (QED) is 0.792. The lowest BCUT2D eigenvalue weighted by Crippen LogP contribution is -2.11. The number of hydrogen-bond acceptors (Lipinski definition) is 4. The summed E-state index contributed by atoms with van der Waals surface area (Å²) >= 11 is 0. The third-order valence-corrected chi connectivity index (χ3v) is 3.41. The minimum atomic E-state index is -1.01. The Hall–Kier alpha value is -2.69. The van der Waals surface area contributed by atoms with E-state index in [4.69, 9.17) is 19.3 Å². The molecular formula is C18H20O5. The maximum absolute atomic E-state index is 10.9. The molecule has 0 amide bonds. The van der Waals surface area contributed by atoms with Crippen molar-refractivity contribution in [2.45, 2.75) is 13.8 Å². The number of para-hydroxylation sites is 1. The fraction of sp³-hybridized carbons (Fsp3) is 0.278. The number of aromatic carboxylic acids is 1. The summed E-state index contributed by atoms with van der Waals surface area (Å²) in [4.78, 5) is 10.9. The molecule has 0 radical (unpaired) electrons. The summed E-state index contributed by atoms with van der Waals surface area (Å²) in [6.45, 7) is 4.71. The molecule has 0 unspecified atom stereocenters. The number of methoxy groups -OCH3 is 1. The van der Waals surface area contributed by atoms with E-state index in [2.05, 4.69) is 0 Å². The number of hydrogen-bond donors (Lipinski definition) is 1. The van der Waals surface area contributed by atoms with Crippen molar-refractivity contribution >= 4 is 5.97 Å². The highest BCUT2D eigenvalue weighted by Gasteiger charge is 2.10. The Morgan fingerprint density at radius 3 is 2.26 bits per heavy atom. The molecule has 5 nitrogen and oxygen atoms in total. The van der Waals surface area contributed by atoms with E-state index >= 15 is 0 Å². The van der Waals surface area contributed by atoms with Crippen LogP contribution in [0, 0.1) is 13.8 Å². The Morgan fingerprint density at radius 1 is 1.00 bits per heavy atom. The van der Waals surface area contributed by atoms with Crippen LogP contribution in [0.3, 0.4) is 0 Å². The molecule has 0 saturated carbocycles. The average molecular weight is 316 g/mol. The highest BCUT2D eigenvalue weighted by Crippen LogP contribution is 2.28. The number of carboxylic acid groups (broad SMARTS) is 1. The number of rotatable bonds is 7. The number of aryl methyl sites for hydroxylation is 2. The minimum Gasteiger partial charge on any atom is -0.493 e. The number of carbonyl (C=O) groups is 1. The molecule has 0 bridgehead atoms. The van der Waals surface area contributed by atoms with E-state index in [0.29, 0.717) is 24.7 Å². The summed E-state index contributed by atoms with van der Waals surface area (Å²) in [5, 5.41) is 8.97. The van der Waals surface area contributed by atoms with E-state index in [0.717, 1.165) is 16.9 Å². The lowest BCUT2D eigenvalue weighted by atomic mass is 10.1. The van der Waals surface area contributed by atoms with Crippen LogP contribution in [0.4, 0.5) is 0 Å². The molecule has 2 rings (SSSR count). The Labute approximate surface area is 135 Å². The average Bonchev–Trinajstić information content (AvgIpc) is 2.53. The van der Waals surface area contributed by atoms with Gasteiger partial charge in [-0.2, -0.15) is 0 Å². The van der Waals surface area contributed by atoms with E-state index in [9.17, 15) is 4.79 Å². The van der Waals surface area contributed by atoms with Crippen molar-refractivity contribution in [2.24, 2.45) is 0 Å². The van der Waals surface area contributed by atoms with Crippen molar-refractivity contribution in [3.05, 3.63) is 53.1 Å². The predicted octanol–water partition coefficient (Wildman–Crippen LogP) is 3.47. The zero-order valence-electron chi connectivity index (χ0n) is 13.5. The molecule has 0 aliphatic carbocycles. The molecule has 0 aromatic heterocycles. The molecule has 0 saturated heterocycles. The van der Waals surface area contributed by atoms with Crippen molar-refractivity contribution in [3.63, 3.8) is 0 Å². The van der Waals surface area contributed by atoms with Gasteiger partial charge in [0.15, 0.2) is 11.5 Å². The standard InChI is InChI=1S/C18H20O5/c1-12-5-4-6-13(2)17(12)23-10-9-22-15-8-7-14(18(19)20)11-16(15)21-3/h4-8,11H,9-10H2,1-3H3,(H,19,20). The van der Waals surface area contributed by atoms with Crippen molar-refractivity contribution in [1.29, 1.82) is 0 Å². The van der Waals surface area contributed by atoms with Crippen molar-refractivity contribution in [3.8, 4) is 17.2 Å². The first-order chi connectivity index (χ1) is 11.0. The van der Waals surface area contributed by atoms with E-state index in [-0.39, 0.29) is 5.56 Å². The summed E-state index contributed by atoms with van der Waals surface area (Å²) in [6.07, 6.45) is 0. The van der Waals surface area contributed by atoms with Crippen molar-refractivity contribution in [1.82, 2.24) is 0 Å². The van der Waals surface area contributed by atoms with Crippen LogP contribution in [0.25, 0.3) is 0 Å². The molecule has 2 aromatic carbocycles. The Balaban J connectivity index is 1.95. The molecule has 0 aliphatic rings. The Morgan fingerprint density at radius 2 is 1.65 bits per heavy atom. The van der Waals surface area contributed by atoms with Gasteiger partial charge in [-0.1, -0.05) is 18.2 Å². The second-order valence-electron chi connectivity index (χ2n) is 5.09. The fourth-order valence-corrected chi connectivity index (χ4v) is 2.24. The van der Waals surface area contributed by atoms with Gasteiger partial charge in [-0.3, -0.25) is 0 Å². The van der Waals surface area contributed by atoms with Crippen LogP contribution in [-0.2, 0) is 0 Å². The van der Waals surface area contributed by atoms with E-state index < -0.39 is 5.97 Å². The zero-order chi connectivity index (χ0) is 16.8. The number of carboxylic acids is 1. The van der Waals surface area contributed by atoms with Gasteiger partial charge in [0.25, 0.3) is 0 Å². The number of ether oxygens (including phenoxy) is 3. The molecule has 23 heavy (non-hydrogen) atoms. The van der Waals surface area contributed by atoms with E-state index in [1.807, 2.05) is 32.0 Å². The first-order valence-electron chi connectivity index (χ1n) is 7.26. The molecule has 5 heteroatoms. The van der Waals surface area contributed by atoms with Gasteiger partial charge in [0.1, 0.15) is 19.0 Å². The van der Waals surface area contributed by atoms with Gasteiger partial charge in [-0.25, -0.2) is 4.79 Å². The molecule has 0 aliphatic heterocycles. The third kappa shape index (κ3) is 4.16. The SMILES string of the molecule is COc1cc(C(=O)O)ccc1OCCOc1c(C)cccc1C. The highest BCUT2D eigenvalue weighted by molar-refractivity contribution is 5.88. The van der Waals surface area contributed by atoms with Crippen molar-refractivity contribution in [2.75, 3.05) is 20.3 Å². The minimum absolute atomic E-state index is 0.154. The molecule has 0 fully saturated rings. The topological polar surface area (TPSA) is 65.0 Å². The smallest absolute Gasteiger partial charge is 0.335 e. The molecule has 2 aromatic rings. The van der Waals surface area contributed by atoms with Crippen LogP contribution in [-0.4, -0.2) is 31.4 Å². The van der Waals surface area contributed by atoms with Crippen LogP contribution in [0.5, 0.6) is 17.2 Å². The van der Waals surface area contributed by atoms with Crippen LogP contribution >= 0.6 is 0 Å². The van der Waals surface area contributed by atoms with Gasteiger partial charge in [-0.15, -0.1) is 0 Å². The molecule has 1 N–H and O–H groups in total. The van der Waals surface area contributed by atoms with Crippen molar-refractivity contribution < 1.29 is 24.1 Å². The maximum Gasteiger partial charge on any atom is 0.335 e. The van der Waals surface area contributed by atoms with E-state index in [1.165, 1.54) is 19.2 Å². The maximum atomic E-state index is 10.9. The summed E-state index contributed by atoms with van der Waals surface area (Å²) in [5.41, 5.74) is 2.31. The Kier molecular flexibility index (Phi) is 5.46.